The van der Waals surface area contributed by atoms with Gasteiger partial charge < -0.3 is 20.5 Å². The minimum absolute atomic E-state index is 0. The minimum Gasteiger partial charge on any atom is -0.493 e. The Hall–Kier alpha value is -1.02. The molecule has 1 rings (SSSR count). The zero-order chi connectivity index (χ0) is 16.2. The third kappa shape index (κ3) is 10.4. The van der Waals surface area contributed by atoms with Crippen molar-refractivity contribution >= 4 is 29.9 Å². The van der Waals surface area contributed by atoms with Crippen LogP contribution in [-0.2, 0) is 11.3 Å². The number of nitrogens with one attached hydrogen (secondary N) is 1. The van der Waals surface area contributed by atoms with Crippen molar-refractivity contribution in [3.8, 4) is 5.75 Å². The minimum atomic E-state index is 0. The number of ether oxygens (including phenoxy) is 2. The first-order valence-corrected chi connectivity index (χ1v) is 7.95. The van der Waals surface area contributed by atoms with E-state index in [1.54, 1.807) is 0 Å². The van der Waals surface area contributed by atoms with Crippen LogP contribution in [0.2, 0.25) is 0 Å². The van der Waals surface area contributed by atoms with Gasteiger partial charge in [0.2, 0.25) is 0 Å². The summed E-state index contributed by atoms with van der Waals surface area (Å²) in [6.07, 6.45) is 0.915. The molecule has 0 unspecified atom stereocenters. The topological polar surface area (TPSA) is 68.9 Å². The highest BCUT2D eigenvalue weighted by atomic mass is 127. The Morgan fingerprint density at radius 3 is 2.74 bits per heavy atom. The second-order valence-electron chi connectivity index (χ2n) is 5.49. The molecular formula is C17H30IN3O2. The van der Waals surface area contributed by atoms with E-state index in [4.69, 9.17) is 15.2 Å². The van der Waals surface area contributed by atoms with Gasteiger partial charge in [0, 0.05) is 25.3 Å². The van der Waals surface area contributed by atoms with Crippen LogP contribution in [0.4, 0.5) is 0 Å². The summed E-state index contributed by atoms with van der Waals surface area (Å²) in [6, 6.07) is 7.94. The fourth-order valence-corrected chi connectivity index (χ4v) is 1.79. The van der Waals surface area contributed by atoms with Crippen LogP contribution in [0.3, 0.4) is 0 Å². The van der Waals surface area contributed by atoms with Gasteiger partial charge in [-0.15, -0.1) is 24.0 Å². The molecule has 0 atom stereocenters. The van der Waals surface area contributed by atoms with Gasteiger partial charge in [0.15, 0.2) is 5.96 Å². The number of rotatable bonds is 10. The average molecular weight is 435 g/mol. The van der Waals surface area contributed by atoms with Gasteiger partial charge in [-0.3, -0.25) is 0 Å². The van der Waals surface area contributed by atoms with Crippen molar-refractivity contribution < 1.29 is 9.47 Å². The Kier molecular flexibility index (Phi) is 12.8. The number of nitrogens with two attached hydrogens (primary N) is 1. The summed E-state index contributed by atoms with van der Waals surface area (Å²) in [5, 5.41) is 3.09. The monoisotopic (exact) mass is 435 g/mol. The van der Waals surface area contributed by atoms with Crippen molar-refractivity contribution in [2.24, 2.45) is 16.6 Å². The summed E-state index contributed by atoms with van der Waals surface area (Å²) in [4.78, 5) is 4.36. The Labute approximate surface area is 157 Å². The van der Waals surface area contributed by atoms with E-state index >= 15 is 0 Å². The highest BCUT2D eigenvalue weighted by molar-refractivity contribution is 14.0. The van der Waals surface area contributed by atoms with Crippen molar-refractivity contribution in [3.63, 3.8) is 0 Å². The summed E-state index contributed by atoms with van der Waals surface area (Å²) in [5.41, 5.74) is 6.91. The standard InChI is InChI=1S/C17H29N3O2.HI/c1-4-21-11-7-10-19-17(18)20-12-15-8-5-6-9-16(15)22-13-14(2)3;/h5-6,8-9,14H,4,7,10-13H2,1-3H3,(H3,18,19,20);1H. The van der Waals surface area contributed by atoms with Gasteiger partial charge in [0.1, 0.15) is 5.75 Å². The zero-order valence-corrected chi connectivity index (χ0v) is 16.7. The molecule has 132 valence electrons. The fraction of sp³-hybridized carbons (Fsp3) is 0.588. The average Bonchev–Trinajstić information content (AvgIpc) is 2.51. The molecule has 6 heteroatoms. The molecule has 5 nitrogen and oxygen atoms in total. The molecule has 0 heterocycles. The van der Waals surface area contributed by atoms with E-state index in [1.165, 1.54) is 0 Å². The van der Waals surface area contributed by atoms with Crippen molar-refractivity contribution in [1.29, 1.82) is 0 Å². The molecule has 1 aromatic carbocycles. The summed E-state index contributed by atoms with van der Waals surface area (Å²) >= 11 is 0. The highest BCUT2D eigenvalue weighted by Crippen LogP contribution is 2.19. The van der Waals surface area contributed by atoms with E-state index in [1.807, 2.05) is 31.2 Å². The predicted octanol–water partition coefficient (Wildman–Crippen LogP) is 3.17. The van der Waals surface area contributed by atoms with Crippen LogP contribution in [-0.4, -0.2) is 32.3 Å². The second kappa shape index (κ2) is 13.4. The molecule has 0 radical (unpaired) electrons. The van der Waals surface area contributed by atoms with Crippen molar-refractivity contribution in [3.05, 3.63) is 29.8 Å². The lowest BCUT2D eigenvalue weighted by Gasteiger charge is -2.12. The van der Waals surface area contributed by atoms with E-state index < -0.39 is 0 Å². The molecule has 0 fully saturated rings. The fourth-order valence-electron chi connectivity index (χ4n) is 1.79. The first kappa shape index (κ1) is 22.0. The first-order chi connectivity index (χ1) is 10.6. The van der Waals surface area contributed by atoms with E-state index in [9.17, 15) is 0 Å². The van der Waals surface area contributed by atoms with Crippen LogP contribution in [0.15, 0.2) is 29.3 Å². The maximum Gasteiger partial charge on any atom is 0.188 e. The Balaban J connectivity index is 0.00000484. The normalized spacial score (nSPS) is 11.2. The number of benzene rings is 1. The SMILES string of the molecule is CCOCCCNC(N)=NCc1ccccc1OCC(C)C.I. The van der Waals surface area contributed by atoms with Crippen molar-refractivity contribution in [1.82, 2.24) is 5.32 Å². The number of para-hydroxylation sites is 1. The zero-order valence-electron chi connectivity index (χ0n) is 14.4. The lowest BCUT2D eigenvalue weighted by Crippen LogP contribution is -2.32. The van der Waals surface area contributed by atoms with E-state index in [-0.39, 0.29) is 24.0 Å². The number of nitrogens with zero attached hydrogens (tertiary/aromatic N) is 1. The van der Waals surface area contributed by atoms with Crippen molar-refractivity contribution in [2.75, 3.05) is 26.4 Å². The maximum absolute atomic E-state index is 5.87. The summed E-state index contributed by atoms with van der Waals surface area (Å²) < 4.78 is 11.1. The molecular weight excluding hydrogens is 405 g/mol. The lowest BCUT2D eigenvalue weighted by atomic mass is 10.2. The first-order valence-electron chi connectivity index (χ1n) is 7.95. The van der Waals surface area contributed by atoms with Crippen LogP contribution in [0.25, 0.3) is 0 Å². The number of hydrogen-bond donors (Lipinski definition) is 2. The molecule has 0 aromatic heterocycles. The van der Waals surface area contributed by atoms with Crippen LogP contribution >= 0.6 is 24.0 Å². The Morgan fingerprint density at radius 1 is 1.30 bits per heavy atom. The molecule has 1 aromatic rings. The van der Waals surface area contributed by atoms with Crippen LogP contribution in [0.1, 0.15) is 32.8 Å². The third-order valence-corrected chi connectivity index (χ3v) is 2.94. The number of hydrogen-bond acceptors (Lipinski definition) is 3. The van der Waals surface area contributed by atoms with Crippen LogP contribution in [0.5, 0.6) is 5.75 Å². The molecule has 23 heavy (non-hydrogen) atoms. The molecule has 3 N–H and O–H groups in total. The van der Waals surface area contributed by atoms with Crippen LogP contribution in [0, 0.1) is 5.92 Å². The van der Waals surface area contributed by atoms with E-state index in [0.29, 0.717) is 25.0 Å². The number of halogens is 1. The molecule has 0 bridgehead atoms. The Morgan fingerprint density at radius 2 is 2.04 bits per heavy atom. The predicted molar refractivity (Wildman–Crippen MR) is 107 cm³/mol. The maximum atomic E-state index is 5.87. The highest BCUT2D eigenvalue weighted by Gasteiger charge is 2.04. The smallest absolute Gasteiger partial charge is 0.188 e. The molecule has 0 spiro atoms. The largest absolute Gasteiger partial charge is 0.493 e. The van der Waals surface area contributed by atoms with Gasteiger partial charge in [-0.1, -0.05) is 32.0 Å². The second-order valence-corrected chi connectivity index (χ2v) is 5.49. The quantitative estimate of drug-likeness (QED) is 0.257. The number of guanidine groups is 1. The van der Waals surface area contributed by atoms with E-state index in [2.05, 4.69) is 24.2 Å². The summed E-state index contributed by atoms with van der Waals surface area (Å²) in [6.45, 7) is 9.71. The summed E-state index contributed by atoms with van der Waals surface area (Å²) in [5.74, 6) is 1.83. The van der Waals surface area contributed by atoms with Gasteiger partial charge in [0.05, 0.1) is 13.2 Å². The summed E-state index contributed by atoms with van der Waals surface area (Å²) in [7, 11) is 0. The molecule has 0 amide bonds. The molecule has 0 aliphatic heterocycles. The Bertz CT molecular complexity index is 453. The molecule has 0 saturated carbocycles. The van der Waals surface area contributed by atoms with Gasteiger partial charge in [-0.05, 0) is 25.3 Å². The molecule has 0 aliphatic carbocycles. The molecule has 0 aliphatic rings. The van der Waals surface area contributed by atoms with E-state index in [0.717, 1.165) is 37.5 Å². The van der Waals surface area contributed by atoms with Gasteiger partial charge in [-0.25, -0.2) is 4.99 Å². The lowest BCUT2D eigenvalue weighted by molar-refractivity contribution is 0.145. The number of aliphatic imine (C=N–C) groups is 1. The van der Waals surface area contributed by atoms with Gasteiger partial charge in [0.25, 0.3) is 0 Å². The molecule has 0 saturated heterocycles. The van der Waals surface area contributed by atoms with Crippen molar-refractivity contribution in [2.45, 2.75) is 33.7 Å². The van der Waals surface area contributed by atoms with Gasteiger partial charge >= 0.3 is 0 Å². The van der Waals surface area contributed by atoms with Gasteiger partial charge in [-0.2, -0.15) is 0 Å². The third-order valence-electron chi connectivity index (χ3n) is 2.94. The van der Waals surface area contributed by atoms with Crippen LogP contribution < -0.4 is 15.8 Å².